The SMILES string of the molecule is O=C(CCN1C(=O)[C@H]2CC(Cl)=CC[C@H]2C1=O)NCc1ccco1. The fourth-order valence-electron chi connectivity index (χ4n) is 3.02. The van der Waals surface area contributed by atoms with Crippen molar-refractivity contribution in [3.63, 3.8) is 0 Å². The molecule has 1 saturated heterocycles. The van der Waals surface area contributed by atoms with Crippen LogP contribution in [0, 0.1) is 11.8 Å². The van der Waals surface area contributed by atoms with E-state index in [1.807, 2.05) is 0 Å². The van der Waals surface area contributed by atoms with Crippen molar-refractivity contribution >= 4 is 29.3 Å². The first-order valence-electron chi connectivity index (χ1n) is 7.55. The Bertz CT molecular complexity index is 653. The number of nitrogens with zero attached hydrogens (tertiary/aromatic N) is 1. The Morgan fingerprint density at radius 1 is 1.35 bits per heavy atom. The number of carbonyl (C=O) groups excluding carboxylic acids is 3. The van der Waals surface area contributed by atoms with Crippen molar-refractivity contribution in [2.45, 2.75) is 25.8 Å². The van der Waals surface area contributed by atoms with Crippen LogP contribution in [0.4, 0.5) is 0 Å². The minimum absolute atomic E-state index is 0.0821. The van der Waals surface area contributed by atoms with Gasteiger partial charge in [-0.15, -0.1) is 0 Å². The van der Waals surface area contributed by atoms with Crippen molar-refractivity contribution in [3.05, 3.63) is 35.3 Å². The molecule has 122 valence electrons. The molecule has 2 aliphatic rings. The van der Waals surface area contributed by atoms with Crippen LogP contribution in [0.1, 0.15) is 25.0 Å². The molecule has 0 aromatic carbocycles. The molecule has 1 aliphatic heterocycles. The Morgan fingerprint density at radius 3 is 2.87 bits per heavy atom. The molecule has 3 rings (SSSR count). The van der Waals surface area contributed by atoms with Crippen LogP contribution in [0.25, 0.3) is 0 Å². The summed E-state index contributed by atoms with van der Waals surface area (Å²) >= 11 is 5.97. The fourth-order valence-corrected chi connectivity index (χ4v) is 3.27. The number of imide groups is 1. The topological polar surface area (TPSA) is 79.6 Å². The summed E-state index contributed by atoms with van der Waals surface area (Å²) in [4.78, 5) is 37.7. The van der Waals surface area contributed by atoms with Gasteiger partial charge in [-0.05, 0) is 25.0 Å². The molecule has 6 nitrogen and oxygen atoms in total. The molecule has 7 heteroatoms. The minimum Gasteiger partial charge on any atom is -0.467 e. The molecule has 1 aromatic rings. The smallest absolute Gasteiger partial charge is 0.233 e. The average molecular weight is 337 g/mol. The summed E-state index contributed by atoms with van der Waals surface area (Å²) < 4.78 is 5.12. The second-order valence-corrected chi connectivity index (χ2v) is 6.22. The monoisotopic (exact) mass is 336 g/mol. The molecular formula is C16H17ClN2O4. The van der Waals surface area contributed by atoms with Gasteiger partial charge in [-0.3, -0.25) is 19.3 Å². The zero-order chi connectivity index (χ0) is 16.4. The third kappa shape index (κ3) is 3.32. The van der Waals surface area contributed by atoms with Gasteiger partial charge in [-0.25, -0.2) is 0 Å². The molecular weight excluding hydrogens is 320 g/mol. The van der Waals surface area contributed by atoms with Gasteiger partial charge in [-0.1, -0.05) is 17.7 Å². The summed E-state index contributed by atoms with van der Waals surface area (Å²) in [6.45, 7) is 0.394. The number of nitrogens with one attached hydrogen (secondary N) is 1. The van der Waals surface area contributed by atoms with Gasteiger partial charge in [0.1, 0.15) is 5.76 Å². The number of halogens is 1. The Hall–Kier alpha value is -2.08. The number of furan rings is 1. The molecule has 0 saturated carbocycles. The molecule has 1 N–H and O–H groups in total. The maximum Gasteiger partial charge on any atom is 0.233 e. The Labute approximate surface area is 138 Å². The molecule has 1 fully saturated rings. The quantitative estimate of drug-likeness (QED) is 0.831. The third-order valence-corrected chi connectivity index (χ3v) is 4.57. The predicted molar refractivity (Wildman–Crippen MR) is 82.0 cm³/mol. The van der Waals surface area contributed by atoms with Gasteiger partial charge in [-0.2, -0.15) is 0 Å². The van der Waals surface area contributed by atoms with E-state index in [1.165, 1.54) is 11.2 Å². The van der Waals surface area contributed by atoms with E-state index in [0.29, 0.717) is 30.2 Å². The number of carbonyl (C=O) groups is 3. The molecule has 2 heterocycles. The van der Waals surface area contributed by atoms with Gasteiger partial charge in [0.05, 0.1) is 24.6 Å². The molecule has 0 unspecified atom stereocenters. The molecule has 3 amide bonds. The normalized spacial score (nSPS) is 23.7. The van der Waals surface area contributed by atoms with Crippen LogP contribution in [0.5, 0.6) is 0 Å². The largest absolute Gasteiger partial charge is 0.467 e. The summed E-state index contributed by atoms with van der Waals surface area (Å²) in [5.41, 5.74) is 0. The van der Waals surface area contributed by atoms with E-state index < -0.39 is 0 Å². The summed E-state index contributed by atoms with van der Waals surface area (Å²) in [6, 6.07) is 3.50. The van der Waals surface area contributed by atoms with Gasteiger partial charge in [0.15, 0.2) is 0 Å². The summed E-state index contributed by atoms with van der Waals surface area (Å²) in [5, 5.41) is 3.33. The first-order valence-corrected chi connectivity index (χ1v) is 7.93. The lowest BCUT2D eigenvalue weighted by atomic mass is 9.85. The Kier molecular flexibility index (Phi) is 4.52. The first-order chi connectivity index (χ1) is 11.1. The maximum atomic E-state index is 12.3. The van der Waals surface area contributed by atoms with E-state index >= 15 is 0 Å². The molecule has 0 bridgehead atoms. The second kappa shape index (κ2) is 6.58. The zero-order valence-electron chi connectivity index (χ0n) is 12.5. The van der Waals surface area contributed by atoms with Crippen LogP contribution >= 0.6 is 11.6 Å². The average Bonchev–Trinajstić information content (AvgIpc) is 3.12. The van der Waals surface area contributed by atoms with Crippen molar-refractivity contribution in [3.8, 4) is 0 Å². The fraction of sp³-hybridized carbons (Fsp3) is 0.438. The highest BCUT2D eigenvalue weighted by Crippen LogP contribution is 2.38. The van der Waals surface area contributed by atoms with Crippen LogP contribution in [0.15, 0.2) is 33.9 Å². The van der Waals surface area contributed by atoms with E-state index in [1.54, 1.807) is 18.2 Å². The maximum absolute atomic E-state index is 12.3. The van der Waals surface area contributed by atoms with Crippen LogP contribution < -0.4 is 5.32 Å². The molecule has 0 spiro atoms. The van der Waals surface area contributed by atoms with Crippen LogP contribution in [0.3, 0.4) is 0 Å². The van der Waals surface area contributed by atoms with Crippen LogP contribution in [-0.2, 0) is 20.9 Å². The highest BCUT2D eigenvalue weighted by Gasteiger charge is 2.48. The summed E-state index contributed by atoms with van der Waals surface area (Å²) in [5.74, 6) is -0.682. The highest BCUT2D eigenvalue weighted by atomic mass is 35.5. The first kappa shape index (κ1) is 15.8. The van der Waals surface area contributed by atoms with E-state index in [9.17, 15) is 14.4 Å². The number of amides is 3. The number of allylic oxidation sites excluding steroid dienone is 2. The van der Waals surface area contributed by atoms with Crippen molar-refractivity contribution in [2.75, 3.05) is 6.54 Å². The molecule has 1 aromatic heterocycles. The van der Waals surface area contributed by atoms with Crippen LogP contribution in [-0.4, -0.2) is 29.2 Å². The van der Waals surface area contributed by atoms with Crippen molar-refractivity contribution < 1.29 is 18.8 Å². The lowest BCUT2D eigenvalue weighted by molar-refractivity contribution is -0.140. The van der Waals surface area contributed by atoms with Gasteiger partial charge in [0.25, 0.3) is 0 Å². The van der Waals surface area contributed by atoms with Gasteiger partial charge < -0.3 is 9.73 Å². The minimum atomic E-state index is -0.369. The van der Waals surface area contributed by atoms with E-state index in [-0.39, 0.29) is 42.5 Å². The van der Waals surface area contributed by atoms with Gasteiger partial charge in [0.2, 0.25) is 17.7 Å². The van der Waals surface area contributed by atoms with Crippen molar-refractivity contribution in [1.29, 1.82) is 0 Å². The van der Waals surface area contributed by atoms with Crippen LogP contribution in [0.2, 0.25) is 0 Å². The lowest BCUT2D eigenvalue weighted by Crippen LogP contribution is -2.35. The number of fused-ring (bicyclic) bond motifs is 1. The van der Waals surface area contributed by atoms with Crippen molar-refractivity contribution in [2.24, 2.45) is 11.8 Å². The summed E-state index contributed by atoms with van der Waals surface area (Å²) in [6.07, 6.45) is 4.32. The molecule has 23 heavy (non-hydrogen) atoms. The zero-order valence-corrected chi connectivity index (χ0v) is 13.2. The van der Waals surface area contributed by atoms with Gasteiger partial charge >= 0.3 is 0 Å². The third-order valence-electron chi connectivity index (χ3n) is 4.26. The second-order valence-electron chi connectivity index (χ2n) is 5.74. The molecule has 2 atom stereocenters. The van der Waals surface area contributed by atoms with E-state index in [2.05, 4.69) is 5.32 Å². The highest BCUT2D eigenvalue weighted by molar-refractivity contribution is 6.30. The van der Waals surface area contributed by atoms with Gasteiger partial charge in [0, 0.05) is 18.0 Å². The van der Waals surface area contributed by atoms with E-state index in [4.69, 9.17) is 16.0 Å². The number of hydrogen-bond acceptors (Lipinski definition) is 4. The number of rotatable bonds is 5. The van der Waals surface area contributed by atoms with Crippen molar-refractivity contribution in [1.82, 2.24) is 10.2 Å². The predicted octanol–water partition coefficient (Wildman–Crippen LogP) is 1.80. The standard InChI is InChI=1S/C16H17ClN2O4/c17-10-3-4-12-13(8-10)16(22)19(15(12)21)6-5-14(20)18-9-11-2-1-7-23-11/h1-3,7,12-13H,4-6,8-9H2,(H,18,20)/t12-,13+/m1/s1. The number of hydrogen-bond donors (Lipinski definition) is 1. The lowest BCUT2D eigenvalue weighted by Gasteiger charge is -2.17. The van der Waals surface area contributed by atoms with E-state index in [0.717, 1.165) is 0 Å². The molecule has 0 radical (unpaired) electrons. The molecule has 1 aliphatic carbocycles. The summed E-state index contributed by atoms with van der Waals surface area (Å²) in [7, 11) is 0. The number of likely N-dealkylation sites (tertiary alicyclic amines) is 1. The Balaban J connectivity index is 1.51. The Morgan fingerprint density at radius 2 is 2.13 bits per heavy atom.